The van der Waals surface area contributed by atoms with Crippen LogP contribution in [0.15, 0.2) is 23.6 Å². The van der Waals surface area contributed by atoms with Gasteiger partial charge in [0.2, 0.25) is 0 Å². The van der Waals surface area contributed by atoms with Crippen molar-refractivity contribution in [2.24, 2.45) is 11.8 Å². The van der Waals surface area contributed by atoms with Gasteiger partial charge in [0.1, 0.15) is 5.75 Å². The number of hydrogen-bond donors (Lipinski definition) is 1. The van der Waals surface area contributed by atoms with E-state index in [-0.39, 0.29) is 12.5 Å². The highest BCUT2D eigenvalue weighted by molar-refractivity contribution is 7.13. The maximum absolute atomic E-state index is 12.2. The van der Waals surface area contributed by atoms with Gasteiger partial charge in [-0.3, -0.25) is 15.0 Å². The molecule has 1 aliphatic rings. The molecule has 1 N–H and O–H groups in total. The second kappa shape index (κ2) is 8.85. The standard InChI is InChI=1S/C21H29N3O2S/c1-14-5-15(2)8-19(7-14)26-12-20(25)23-21-22-18(13-27-21)11-24-9-16(3)6-17(4)10-24/h5,7-8,13,16-17H,6,9-12H2,1-4H3,(H,22,23,25)/t16-,17-/m1/s1. The number of carbonyl (C=O) groups excluding carboxylic acids is 1. The number of nitrogens with one attached hydrogen (secondary N) is 1. The van der Waals surface area contributed by atoms with Gasteiger partial charge in [-0.25, -0.2) is 4.98 Å². The zero-order valence-electron chi connectivity index (χ0n) is 16.6. The highest BCUT2D eigenvalue weighted by Crippen LogP contribution is 2.24. The van der Waals surface area contributed by atoms with E-state index in [0.717, 1.165) is 54.0 Å². The van der Waals surface area contributed by atoms with Gasteiger partial charge >= 0.3 is 0 Å². The van der Waals surface area contributed by atoms with Crippen LogP contribution in [0.4, 0.5) is 5.13 Å². The molecule has 1 aromatic carbocycles. The molecule has 146 valence electrons. The lowest BCUT2D eigenvalue weighted by Crippen LogP contribution is -2.38. The minimum absolute atomic E-state index is 0.0149. The number of aromatic nitrogens is 1. The Morgan fingerprint density at radius 1 is 1.22 bits per heavy atom. The first-order valence-electron chi connectivity index (χ1n) is 9.55. The number of amides is 1. The van der Waals surface area contributed by atoms with Crippen LogP contribution in [0.25, 0.3) is 0 Å². The maximum atomic E-state index is 12.2. The summed E-state index contributed by atoms with van der Waals surface area (Å²) in [5.74, 6) is 1.99. The largest absolute Gasteiger partial charge is 0.484 e. The number of thiazole rings is 1. The third-order valence-electron chi connectivity index (χ3n) is 4.69. The topological polar surface area (TPSA) is 54.5 Å². The lowest BCUT2D eigenvalue weighted by Gasteiger charge is -2.34. The molecule has 0 unspecified atom stereocenters. The molecule has 27 heavy (non-hydrogen) atoms. The van der Waals surface area contributed by atoms with Crippen LogP contribution in [0.2, 0.25) is 0 Å². The van der Waals surface area contributed by atoms with Crippen molar-refractivity contribution in [2.75, 3.05) is 25.0 Å². The Morgan fingerprint density at radius 2 is 1.89 bits per heavy atom. The van der Waals surface area contributed by atoms with Gasteiger partial charge in [0.25, 0.3) is 5.91 Å². The number of likely N-dealkylation sites (tertiary alicyclic amines) is 1. The first-order chi connectivity index (χ1) is 12.9. The Labute approximate surface area is 165 Å². The Bertz CT molecular complexity index is 759. The highest BCUT2D eigenvalue weighted by Gasteiger charge is 2.22. The predicted octanol–water partition coefficient (Wildman–Crippen LogP) is 4.26. The van der Waals surface area contributed by atoms with Crippen molar-refractivity contribution in [3.8, 4) is 5.75 Å². The molecule has 0 spiro atoms. The zero-order chi connectivity index (χ0) is 19.4. The normalized spacial score (nSPS) is 20.4. The summed E-state index contributed by atoms with van der Waals surface area (Å²) in [6, 6.07) is 5.94. The smallest absolute Gasteiger partial charge is 0.264 e. The number of piperidine rings is 1. The van der Waals surface area contributed by atoms with Gasteiger partial charge in [0.15, 0.2) is 11.7 Å². The van der Waals surface area contributed by atoms with Gasteiger partial charge < -0.3 is 4.74 Å². The number of rotatable bonds is 6. The molecule has 3 rings (SSSR count). The van der Waals surface area contributed by atoms with Crippen LogP contribution in [-0.4, -0.2) is 35.5 Å². The van der Waals surface area contributed by atoms with Crippen molar-refractivity contribution in [1.29, 1.82) is 0 Å². The van der Waals surface area contributed by atoms with E-state index in [0.29, 0.717) is 5.13 Å². The number of aryl methyl sites for hydroxylation is 2. The third kappa shape index (κ3) is 6.04. The van der Waals surface area contributed by atoms with E-state index >= 15 is 0 Å². The quantitative estimate of drug-likeness (QED) is 0.805. The van der Waals surface area contributed by atoms with E-state index in [4.69, 9.17) is 4.74 Å². The summed E-state index contributed by atoms with van der Waals surface area (Å²) in [5, 5.41) is 5.51. The van der Waals surface area contributed by atoms with Crippen molar-refractivity contribution in [3.05, 3.63) is 40.4 Å². The van der Waals surface area contributed by atoms with E-state index in [1.807, 2.05) is 31.4 Å². The first-order valence-corrected chi connectivity index (χ1v) is 10.4. The number of ether oxygens (including phenoxy) is 1. The van der Waals surface area contributed by atoms with Gasteiger partial charge in [0, 0.05) is 25.0 Å². The molecule has 2 atom stereocenters. The first kappa shape index (κ1) is 19.8. The molecule has 0 saturated carbocycles. The van der Waals surface area contributed by atoms with Gasteiger partial charge in [-0.15, -0.1) is 11.3 Å². The average molecular weight is 388 g/mol. The van der Waals surface area contributed by atoms with Crippen LogP contribution < -0.4 is 10.1 Å². The van der Waals surface area contributed by atoms with Gasteiger partial charge in [0.05, 0.1) is 5.69 Å². The molecule has 1 fully saturated rings. The summed E-state index contributed by atoms with van der Waals surface area (Å²) in [6.07, 6.45) is 1.30. The second-order valence-corrected chi connectivity index (χ2v) is 8.80. The lowest BCUT2D eigenvalue weighted by atomic mass is 9.92. The van der Waals surface area contributed by atoms with E-state index in [2.05, 4.69) is 35.1 Å². The van der Waals surface area contributed by atoms with E-state index in [1.54, 1.807) is 0 Å². The van der Waals surface area contributed by atoms with Gasteiger partial charge in [-0.1, -0.05) is 19.9 Å². The van der Waals surface area contributed by atoms with E-state index < -0.39 is 0 Å². The third-order valence-corrected chi connectivity index (χ3v) is 5.50. The zero-order valence-corrected chi connectivity index (χ0v) is 17.4. The molecular weight excluding hydrogens is 358 g/mol. The summed E-state index contributed by atoms with van der Waals surface area (Å²) >= 11 is 1.47. The fourth-order valence-electron chi connectivity index (χ4n) is 3.91. The van der Waals surface area contributed by atoms with Crippen molar-refractivity contribution in [2.45, 2.75) is 40.7 Å². The molecular formula is C21H29N3O2S. The van der Waals surface area contributed by atoms with E-state index in [9.17, 15) is 4.79 Å². The maximum Gasteiger partial charge on any atom is 0.264 e. The number of nitrogens with zero attached hydrogens (tertiary/aromatic N) is 2. The monoisotopic (exact) mass is 387 g/mol. The minimum atomic E-state index is -0.185. The Kier molecular flexibility index (Phi) is 6.50. The van der Waals surface area contributed by atoms with Crippen molar-refractivity contribution in [3.63, 3.8) is 0 Å². The number of benzene rings is 1. The van der Waals surface area contributed by atoms with Crippen LogP contribution in [-0.2, 0) is 11.3 Å². The number of carbonyl (C=O) groups is 1. The average Bonchev–Trinajstić information content (AvgIpc) is 2.98. The lowest BCUT2D eigenvalue weighted by molar-refractivity contribution is -0.118. The molecule has 1 saturated heterocycles. The van der Waals surface area contributed by atoms with Gasteiger partial charge in [-0.2, -0.15) is 0 Å². The summed E-state index contributed by atoms with van der Waals surface area (Å²) < 4.78 is 5.61. The SMILES string of the molecule is Cc1cc(C)cc(OCC(=O)Nc2nc(CN3C[C@H](C)C[C@@H](C)C3)cs2)c1. The number of hydrogen-bond acceptors (Lipinski definition) is 5. The molecule has 1 aliphatic heterocycles. The Hall–Kier alpha value is -1.92. The molecule has 0 aliphatic carbocycles. The summed E-state index contributed by atoms with van der Waals surface area (Å²) in [5.41, 5.74) is 3.26. The predicted molar refractivity (Wildman–Crippen MR) is 110 cm³/mol. The van der Waals surface area contributed by atoms with Crippen molar-refractivity contribution < 1.29 is 9.53 Å². The van der Waals surface area contributed by atoms with Crippen LogP contribution >= 0.6 is 11.3 Å². The summed E-state index contributed by atoms with van der Waals surface area (Å²) in [7, 11) is 0. The van der Waals surface area contributed by atoms with Crippen molar-refractivity contribution >= 4 is 22.4 Å². The van der Waals surface area contributed by atoms with Crippen LogP contribution in [0.5, 0.6) is 5.75 Å². The fraction of sp³-hybridized carbons (Fsp3) is 0.524. The number of anilines is 1. The van der Waals surface area contributed by atoms with Gasteiger partial charge in [-0.05, 0) is 55.4 Å². The molecule has 2 heterocycles. The fourth-order valence-corrected chi connectivity index (χ4v) is 4.63. The van der Waals surface area contributed by atoms with Crippen LogP contribution in [0, 0.1) is 25.7 Å². The molecule has 0 radical (unpaired) electrons. The molecule has 6 heteroatoms. The second-order valence-electron chi connectivity index (χ2n) is 7.94. The van der Waals surface area contributed by atoms with Crippen LogP contribution in [0.3, 0.4) is 0 Å². The Morgan fingerprint density at radius 3 is 2.56 bits per heavy atom. The minimum Gasteiger partial charge on any atom is -0.484 e. The molecule has 2 aromatic rings. The molecule has 1 amide bonds. The summed E-state index contributed by atoms with van der Waals surface area (Å²) in [6.45, 7) is 11.7. The molecule has 5 nitrogen and oxygen atoms in total. The van der Waals surface area contributed by atoms with Crippen molar-refractivity contribution in [1.82, 2.24) is 9.88 Å². The molecule has 0 bridgehead atoms. The summed E-state index contributed by atoms with van der Waals surface area (Å²) in [4.78, 5) is 19.2. The Balaban J connectivity index is 1.49. The highest BCUT2D eigenvalue weighted by atomic mass is 32.1. The van der Waals surface area contributed by atoms with Crippen LogP contribution in [0.1, 0.15) is 37.1 Å². The van der Waals surface area contributed by atoms with E-state index in [1.165, 1.54) is 17.8 Å². The molecule has 1 aromatic heterocycles.